The summed E-state index contributed by atoms with van der Waals surface area (Å²) in [5, 5.41) is 0. The summed E-state index contributed by atoms with van der Waals surface area (Å²) in [6, 6.07) is 1.75. The lowest BCUT2D eigenvalue weighted by molar-refractivity contribution is 0.886. The van der Waals surface area contributed by atoms with Crippen LogP contribution in [0.2, 0.25) is 0 Å². The molecule has 0 aromatic carbocycles. The van der Waals surface area contributed by atoms with E-state index in [9.17, 15) is 0 Å². The Morgan fingerprint density at radius 1 is 1.45 bits per heavy atom. The summed E-state index contributed by atoms with van der Waals surface area (Å²) in [6.07, 6.45) is 3.62. The van der Waals surface area contributed by atoms with Crippen molar-refractivity contribution in [2.24, 2.45) is 0 Å². The number of anilines is 2. The number of nitrogen functional groups attached to an aromatic ring is 2. The second kappa shape index (κ2) is 3.23. The van der Waals surface area contributed by atoms with E-state index in [0.29, 0.717) is 11.4 Å². The minimum atomic E-state index is 0.627. The Morgan fingerprint density at radius 2 is 2.18 bits per heavy atom. The Bertz CT molecular complexity index is 245. The van der Waals surface area contributed by atoms with E-state index in [0.717, 1.165) is 18.5 Å². The molecule has 0 fully saturated rings. The van der Waals surface area contributed by atoms with E-state index in [4.69, 9.17) is 11.5 Å². The molecule has 0 saturated heterocycles. The van der Waals surface area contributed by atoms with E-state index >= 15 is 0 Å². The molecule has 4 N–H and O–H groups in total. The number of aromatic nitrogens is 1. The summed E-state index contributed by atoms with van der Waals surface area (Å²) >= 11 is 0. The van der Waals surface area contributed by atoms with Crippen molar-refractivity contribution in [3.8, 4) is 0 Å². The van der Waals surface area contributed by atoms with Crippen LogP contribution in [0.4, 0.5) is 11.4 Å². The molecule has 0 aliphatic rings. The average molecular weight is 151 g/mol. The van der Waals surface area contributed by atoms with Crippen molar-refractivity contribution >= 4 is 11.4 Å². The monoisotopic (exact) mass is 151 g/mol. The normalized spacial score (nSPS) is 9.91. The van der Waals surface area contributed by atoms with Crippen LogP contribution < -0.4 is 11.5 Å². The highest BCUT2D eigenvalue weighted by Crippen LogP contribution is 2.13. The van der Waals surface area contributed by atoms with E-state index in [2.05, 4.69) is 11.9 Å². The maximum atomic E-state index is 5.66. The van der Waals surface area contributed by atoms with Gasteiger partial charge in [-0.25, -0.2) is 0 Å². The van der Waals surface area contributed by atoms with Gasteiger partial charge in [-0.1, -0.05) is 13.3 Å². The van der Waals surface area contributed by atoms with Crippen molar-refractivity contribution in [1.29, 1.82) is 0 Å². The molecule has 0 atom stereocenters. The number of nitrogens with two attached hydrogens (primary N) is 2. The van der Waals surface area contributed by atoms with Crippen molar-refractivity contribution in [3.05, 3.63) is 18.0 Å². The van der Waals surface area contributed by atoms with Crippen LogP contribution in [-0.2, 0) is 6.42 Å². The van der Waals surface area contributed by atoms with Gasteiger partial charge in [-0.3, -0.25) is 4.98 Å². The van der Waals surface area contributed by atoms with Gasteiger partial charge < -0.3 is 11.5 Å². The first-order valence-electron chi connectivity index (χ1n) is 3.74. The molecule has 3 nitrogen and oxygen atoms in total. The highest BCUT2D eigenvalue weighted by Gasteiger charge is 1.98. The van der Waals surface area contributed by atoms with Crippen LogP contribution in [0.3, 0.4) is 0 Å². The van der Waals surface area contributed by atoms with E-state index in [-0.39, 0.29) is 0 Å². The molecule has 0 unspecified atom stereocenters. The maximum Gasteiger partial charge on any atom is 0.0634 e. The molecule has 0 radical (unpaired) electrons. The fourth-order valence-electron chi connectivity index (χ4n) is 0.973. The number of hydrogen-bond donors (Lipinski definition) is 2. The summed E-state index contributed by atoms with van der Waals surface area (Å²) in [6.45, 7) is 2.09. The second-order valence-electron chi connectivity index (χ2n) is 2.55. The summed E-state index contributed by atoms with van der Waals surface area (Å²) in [7, 11) is 0. The van der Waals surface area contributed by atoms with Crippen molar-refractivity contribution in [2.45, 2.75) is 19.8 Å². The Kier molecular flexibility index (Phi) is 2.31. The van der Waals surface area contributed by atoms with Gasteiger partial charge in [0.2, 0.25) is 0 Å². The van der Waals surface area contributed by atoms with Crippen molar-refractivity contribution in [2.75, 3.05) is 11.5 Å². The third-order valence-electron chi connectivity index (χ3n) is 1.51. The number of pyridine rings is 1. The topological polar surface area (TPSA) is 64.9 Å². The zero-order valence-electron chi connectivity index (χ0n) is 6.67. The van der Waals surface area contributed by atoms with Crippen molar-refractivity contribution in [1.82, 2.24) is 4.98 Å². The SMILES string of the molecule is CCCc1ncc(N)cc1N. The van der Waals surface area contributed by atoms with E-state index in [1.807, 2.05) is 0 Å². The van der Waals surface area contributed by atoms with Crippen LogP contribution in [0, 0.1) is 0 Å². The lowest BCUT2D eigenvalue weighted by Gasteiger charge is -2.02. The molecule has 1 rings (SSSR count). The van der Waals surface area contributed by atoms with E-state index in [1.165, 1.54) is 0 Å². The Labute approximate surface area is 66.4 Å². The first-order valence-corrected chi connectivity index (χ1v) is 3.74. The molecule has 0 amide bonds. The summed E-state index contributed by atoms with van der Waals surface area (Å²) in [5.41, 5.74) is 13.4. The zero-order chi connectivity index (χ0) is 8.27. The average Bonchev–Trinajstić information content (AvgIpc) is 1.95. The number of aryl methyl sites for hydroxylation is 1. The molecular weight excluding hydrogens is 138 g/mol. The highest BCUT2D eigenvalue weighted by atomic mass is 14.8. The minimum Gasteiger partial charge on any atom is -0.397 e. The molecule has 0 aliphatic heterocycles. The summed E-state index contributed by atoms with van der Waals surface area (Å²) in [5.74, 6) is 0. The van der Waals surface area contributed by atoms with Gasteiger partial charge >= 0.3 is 0 Å². The Morgan fingerprint density at radius 3 is 2.73 bits per heavy atom. The van der Waals surface area contributed by atoms with Crippen LogP contribution in [0.25, 0.3) is 0 Å². The highest BCUT2D eigenvalue weighted by molar-refractivity contribution is 5.52. The fraction of sp³-hybridized carbons (Fsp3) is 0.375. The van der Waals surface area contributed by atoms with E-state index < -0.39 is 0 Å². The first-order chi connectivity index (χ1) is 5.24. The third-order valence-corrected chi connectivity index (χ3v) is 1.51. The Hall–Kier alpha value is -1.25. The van der Waals surface area contributed by atoms with Gasteiger partial charge in [0.25, 0.3) is 0 Å². The molecular formula is C8H13N3. The smallest absolute Gasteiger partial charge is 0.0634 e. The fourth-order valence-corrected chi connectivity index (χ4v) is 0.973. The van der Waals surface area contributed by atoms with Crippen LogP contribution in [0.1, 0.15) is 19.0 Å². The van der Waals surface area contributed by atoms with Gasteiger partial charge in [-0.15, -0.1) is 0 Å². The molecule has 1 aromatic heterocycles. The molecule has 1 heterocycles. The lowest BCUT2D eigenvalue weighted by atomic mass is 10.2. The summed E-state index contributed by atoms with van der Waals surface area (Å²) in [4.78, 5) is 4.12. The van der Waals surface area contributed by atoms with Gasteiger partial charge in [-0.05, 0) is 12.5 Å². The van der Waals surface area contributed by atoms with Crippen molar-refractivity contribution < 1.29 is 0 Å². The van der Waals surface area contributed by atoms with Gasteiger partial charge in [0, 0.05) is 0 Å². The molecule has 60 valence electrons. The standard InChI is InChI=1S/C8H13N3/c1-2-3-8-7(10)4-6(9)5-11-8/h4-5H,2-3,9-10H2,1H3. The zero-order valence-corrected chi connectivity index (χ0v) is 6.67. The van der Waals surface area contributed by atoms with Gasteiger partial charge in [-0.2, -0.15) is 0 Å². The van der Waals surface area contributed by atoms with Gasteiger partial charge in [0.1, 0.15) is 0 Å². The van der Waals surface area contributed by atoms with Crippen LogP contribution in [0.15, 0.2) is 12.3 Å². The molecule has 0 aliphatic carbocycles. The second-order valence-corrected chi connectivity index (χ2v) is 2.55. The van der Waals surface area contributed by atoms with Crippen LogP contribution >= 0.6 is 0 Å². The van der Waals surface area contributed by atoms with Crippen LogP contribution in [0.5, 0.6) is 0 Å². The molecule has 0 saturated carbocycles. The number of nitrogens with zero attached hydrogens (tertiary/aromatic N) is 1. The molecule has 0 bridgehead atoms. The predicted octanol–water partition coefficient (Wildman–Crippen LogP) is 1.20. The van der Waals surface area contributed by atoms with Gasteiger partial charge in [0.15, 0.2) is 0 Å². The third kappa shape index (κ3) is 1.83. The number of rotatable bonds is 2. The van der Waals surface area contributed by atoms with E-state index in [1.54, 1.807) is 12.3 Å². The van der Waals surface area contributed by atoms with Crippen LogP contribution in [-0.4, -0.2) is 4.98 Å². The lowest BCUT2D eigenvalue weighted by Crippen LogP contribution is -1.99. The molecule has 3 heteroatoms. The number of hydrogen-bond acceptors (Lipinski definition) is 3. The molecule has 11 heavy (non-hydrogen) atoms. The first kappa shape index (κ1) is 7.85. The quantitative estimate of drug-likeness (QED) is 0.667. The molecule has 0 spiro atoms. The molecule has 1 aromatic rings. The predicted molar refractivity (Wildman–Crippen MR) is 47.1 cm³/mol. The Balaban J connectivity index is 2.90. The van der Waals surface area contributed by atoms with Crippen molar-refractivity contribution in [3.63, 3.8) is 0 Å². The largest absolute Gasteiger partial charge is 0.397 e. The minimum absolute atomic E-state index is 0.627. The maximum absolute atomic E-state index is 5.66. The summed E-state index contributed by atoms with van der Waals surface area (Å²) < 4.78 is 0. The van der Waals surface area contributed by atoms with Gasteiger partial charge in [0.05, 0.1) is 23.3 Å².